The minimum atomic E-state index is -2.68. The van der Waals surface area contributed by atoms with Crippen molar-refractivity contribution in [2.45, 2.75) is 32.1 Å². The van der Waals surface area contributed by atoms with Gasteiger partial charge in [-0.1, -0.05) is 11.3 Å². The monoisotopic (exact) mass is 304 g/mol. The van der Waals surface area contributed by atoms with E-state index in [0.717, 1.165) is 12.8 Å². The summed E-state index contributed by atoms with van der Waals surface area (Å²) in [6, 6.07) is 0. The number of carbonyl (C=O) groups is 2. The molecule has 6 nitrogen and oxygen atoms in total. The van der Waals surface area contributed by atoms with Gasteiger partial charge in [-0.25, -0.2) is 8.78 Å². The van der Waals surface area contributed by atoms with Gasteiger partial charge >= 0.3 is 0 Å². The van der Waals surface area contributed by atoms with Crippen molar-refractivity contribution >= 4 is 28.3 Å². The number of alkyl halides is 2. The first-order valence-electron chi connectivity index (χ1n) is 6.25. The number of rotatable bonds is 7. The van der Waals surface area contributed by atoms with Crippen molar-refractivity contribution in [1.82, 2.24) is 15.5 Å². The summed E-state index contributed by atoms with van der Waals surface area (Å²) in [5.41, 5.74) is 0. The molecule has 1 fully saturated rings. The minimum Gasteiger partial charge on any atom is -0.356 e. The molecule has 1 aliphatic carbocycles. The molecular formula is C11H14F2N4O2S. The summed E-state index contributed by atoms with van der Waals surface area (Å²) < 4.78 is 24.5. The van der Waals surface area contributed by atoms with Gasteiger partial charge < -0.3 is 10.6 Å². The molecule has 1 saturated carbocycles. The summed E-state index contributed by atoms with van der Waals surface area (Å²) in [5, 5.41) is 11.5. The normalized spacial score (nSPS) is 14.3. The van der Waals surface area contributed by atoms with E-state index in [4.69, 9.17) is 0 Å². The third-order valence-electron chi connectivity index (χ3n) is 2.70. The van der Waals surface area contributed by atoms with Crippen molar-refractivity contribution < 1.29 is 18.4 Å². The zero-order valence-corrected chi connectivity index (χ0v) is 11.4. The van der Waals surface area contributed by atoms with Gasteiger partial charge in [0.15, 0.2) is 5.01 Å². The third kappa shape index (κ3) is 4.48. The van der Waals surface area contributed by atoms with Crippen LogP contribution in [0.1, 0.15) is 37.1 Å². The Morgan fingerprint density at radius 3 is 2.70 bits per heavy atom. The Balaban J connectivity index is 1.62. The second-order valence-corrected chi connectivity index (χ2v) is 5.47. The van der Waals surface area contributed by atoms with Gasteiger partial charge in [0.05, 0.1) is 0 Å². The van der Waals surface area contributed by atoms with Crippen LogP contribution >= 0.6 is 11.3 Å². The Morgan fingerprint density at radius 1 is 1.35 bits per heavy atom. The van der Waals surface area contributed by atoms with E-state index in [1.807, 2.05) is 0 Å². The van der Waals surface area contributed by atoms with Gasteiger partial charge in [-0.3, -0.25) is 9.59 Å². The molecule has 2 rings (SSSR count). The molecule has 1 aromatic heterocycles. The average Bonchev–Trinajstić information content (AvgIpc) is 3.15. The second-order valence-electron chi connectivity index (χ2n) is 4.46. The van der Waals surface area contributed by atoms with Crippen molar-refractivity contribution in [3.8, 4) is 0 Å². The van der Waals surface area contributed by atoms with Crippen LogP contribution in [0.25, 0.3) is 0 Å². The molecule has 0 atom stereocenters. The summed E-state index contributed by atoms with van der Waals surface area (Å²) in [7, 11) is 0. The number of halogens is 2. The van der Waals surface area contributed by atoms with Gasteiger partial charge in [0.25, 0.3) is 6.43 Å². The smallest absolute Gasteiger partial charge is 0.291 e. The van der Waals surface area contributed by atoms with E-state index in [1.54, 1.807) is 0 Å². The molecule has 110 valence electrons. The standard InChI is InChI=1S/C11H14F2N4O2S/c12-8(13)10-16-17-11(20-10)15-7(18)2-1-5-14-9(19)6-3-4-6/h6,8H,1-5H2,(H,14,19)(H,15,17,18). The molecule has 0 saturated heterocycles. The van der Waals surface area contributed by atoms with E-state index in [-0.39, 0.29) is 29.3 Å². The average molecular weight is 304 g/mol. The Bertz CT molecular complexity index is 491. The van der Waals surface area contributed by atoms with Gasteiger partial charge in [0.2, 0.25) is 16.9 Å². The second kappa shape index (κ2) is 6.69. The molecule has 0 aromatic carbocycles. The number of anilines is 1. The first-order chi connectivity index (χ1) is 9.56. The number of aromatic nitrogens is 2. The highest BCUT2D eigenvalue weighted by Crippen LogP contribution is 2.28. The highest BCUT2D eigenvalue weighted by atomic mass is 32.1. The fourth-order valence-electron chi connectivity index (χ4n) is 1.51. The van der Waals surface area contributed by atoms with Crippen LogP contribution in [0.4, 0.5) is 13.9 Å². The maximum Gasteiger partial charge on any atom is 0.291 e. The zero-order chi connectivity index (χ0) is 14.5. The lowest BCUT2D eigenvalue weighted by molar-refractivity contribution is -0.122. The summed E-state index contributed by atoms with van der Waals surface area (Å²) in [4.78, 5) is 22.8. The van der Waals surface area contributed by atoms with Crippen molar-refractivity contribution in [2.75, 3.05) is 11.9 Å². The number of nitrogens with zero attached hydrogens (tertiary/aromatic N) is 2. The summed E-state index contributed by atoms with van der Waals surface area (Å²) in [6.07, 6.45) is -0.124. The van der Waals surface area contributed by atoms with Crippen molar-refractivity contribution in [2.24, 2.45) is 5.92 Å². The number of hydrogen-bond acceptors (Lipinski definition) is 5. The predicted molar refractivity (Wildman–Crippen MR) is 68.5 cm³/mol. The molecule has 2 amide bonds. The Labute approximate surface area is 118 Å². The van der Waals surface area contributed by atoms with E-state index < -0.39 is 11.4 Å². The predicted octanol–water partition coefficient (Wildman–Crippen LogP) is 1.72. The molecule has 1 aliphatic rings. The van der Waals surface area contributed by atoms with Crippen molar-refractivity contribution in [3.05, 3.63) is 5.01 Å². The lowest BCUT2D eigenvalue weighted by atomic mass is 10.3. The maximum absolute atomic E-state index is 12.3. The minimum absolute atomic E-state index is 0.0381. The van der Waals surface area contributed by atoms with Crippen LogP contribution < -0.4 is 10.6 Å². The Morgan fingerprint density at radius 2 is 2.10 bits per heavy atom. The Hall–Kier alpha value is -1.64. The van der Waals surface area contributed by atoms with Crippen LogP contribution in [-0.4, -0.2) is 28.6 Å². The number of hydrogen-bond donors (Lipinski definition) is 2. The lowest BCUT2D eigenvalue weighted by Gasteiger charge is -2.03. The number of nitrogens with one attached hydrogen (secondary N) is 2. The molecule has 0 spiro atoms. The highest BCUT2D eigenvalue weighted by molar-refractivity contribution is 7.15. The first kappa shape index (κ1) is 14.8. The van der Waals surface area contributed by atoms with Gasteiger partial charge in [0, 0.05) is 18.9 Å². The van der Waals surface area contributed by atoms with Crippen LogP contribution in [-0.2, 0) is 9.59 Å². The molecule has 20 heavy (non-hydrogen) atoms. The van der Waals surface area contributed by atoms with Gasteiger partial charge in [-0.05, 0) is 19.3 Å². The van der Waals surface area contributed by atoms with Crippen molar-refractivity contribution in [3.63, 3.8) is 0 Å². The maximum atomic E-state index is 12.3. The fourth-order valence-corrected chi connectivity index (χ4v) is 2.12. The number of carbonyl (C=O) groups excluding carboxylic acids is 2. The van der Waals surface area contributed by atoms with Crippen molar-refractivity contribution in [1.29, 1.82) is 0 Å². The van der Waals surface area contributed by atoms with E-state index in [9.17, 15) is 18.4 Å². The van der Waals surface area contributed by atoms with Gasteiger partial charge in [-0.15, -0.1) is 10.2 Å². The molecule has 0 bridgehead atoms. The van der Waals surface area contributed by atoms with Crippen LogP contribution in [0, 0.1) is 5.92 Å². The summed E-state index contributed by atoms with van der Waals surface area (Å²) in [6.45, 7) is 0.432. The highest BCUT2D eigenvalue weighted by Gasteiger charge is 2.29. The van der Waals surface area contributed by atoms with E-state index in [2.05, 4.69) is 20.8 Å². The van der Waals surface area contributed by atoms with E-state index in [0.29, 0.717) is 24.3 Å². The molecule has 1 aromatic rings. The molecule has 0 radical (unpaired) electrons. The van der Waals surface area contributed by atoms with Crippen LogP contribution in [0.2, 0.25) is 0 Å². The topological polar surface area (TPSA) is 84.0 Å². The quantitative estimate of drug-likeness (QED) is 0.751. The SMILES string of the molecule is O=C(CCCNC(=O)C1CC1)Nc1nnc(C(F)F)s1. The number of amides is 2. The molecule has 0 unspecified atom stereocenters. The first-order valence-corrected chi connectivity index (χ1v) is 7.07. The lowest BCUT2D eigenvalue weighted by Crippen LogP contribution is -2.26. The third-order valence-corrected chi connectivity index (χ3v) is 3.55. The van der Waals surface area contributed by atoms with Crippen LogP contribution in [0.5, 0.6) is 0 Å². The Kier molecular flexibility index (Phi) is 4.94. The summed E-state index contributed by atoms with van der Waals surface area (Å²) >= 11 is 0.652. The van der Waals surface area contributed by atoms with Crippen LogP contribution in [0.15, 0.2) is 0 Å². The zero-order valence-electron chi connectivity index (χ0n) is 10.6. The fraction of sp³-hybridized carbons (Fsp3) is 0.636. The molecule has 2 N–H and O–H groups in total. The van der Waals surface area contributed by atoms with E-state index >= 15 is 0 Å². The molecule has 9 heteroatoms. The van der Waals surface area contributed by atoms with Gasteiger partial charge in [-0.2, -0.15) is 0 Å². The molecule has 0 aliphatic heterocycles. The molecule has 1 heterocycles. The van der Waals surface area contributed by atoms with Gasteiger partial charge in [0.1, 0.15) is 0 Å². The van der Waals surface area contributed by atoms with Crippen LogP contribution in [0.3, 0.4) is 0 Å². The molecular weight excluding hydrogens is 290 g/mol. The summed E-state index contributed by atoms with van der Waals surface area (Å²) in [5.74, 6) is -0.142. The largest absolute Gasteiger partial charge is 0.356 e. The van der Waals surface area contributed by atoms with E-state index in [1.165, 1.54) is 0 Å².